The smallest absolute Gasteiger partial charge is 0.336 e. The number of aryl methyl sites for hydroxylation is 1. The first-order chi connectivity index (χ1) is 14.1. The molecule has 3 aromatic carbocycles. The second kappa shape index (κ2) is 7.70. The molecule has 0 unspecified atom stereocenters. The number of carbonyl (C=O) groups is 1. The highest BCUT2D eigenvalue weighted by atomic mass is 32.1. The molecular formula is C24H16N2O2S. The fourth-order valence-electron chi connectivity index (χ4n) is 3.22. The number of benzene rings is 3. The predicted molar refractivity (Wildman–Crippen MR) is 115 cm³/mol. The van der Waals surface area contributed by atoms with Crippen LogP contribution < -0.4 is 0 Å². The molecule has 0 saturated carbocycles. The highest BCUT2D eigenvalue weighted by molar-refractivity contribution is 7.13. The van der Waals surface area contributed by atoms with Gasteiger partial charge in [-0.15, -0.1) is 11.3 Å². The van der Waals surface area contributed by atoms with E-state index in [1.807, 2.05) is 60.8 Å². The molecule has 0 radical (unpaired) electrons. The van der Waals surface area contributed by atoms with E-state index < -0.39 is 5.97 Å². The van der Waals surface area contributed by atoms with Crippen molar-refractivity contribution in [2.75, 3.05) is 0 Å². The average Bonchev–Trinajstić information content (AvgIpc) is 3.24. The van der Waals surface area contributed by atoms with Gasteiger partial charge in [-0.05, 0) is 41.8 Å². The maximum Gasteiger partial charge on any atom is 0.336 e. The molecule has 0 aliphatic heterocycles. The number of thiazole rings is 1. The molecule has 0 amide bonds. The highest BCUT2D eigenvalue weighted by Gasteiger charge is 2.16. The minimum Gasteiger partial charge on any atom is -0.478 e. The van der Waals surface area contributed by atoms with Gasteiger partial charge in [0.15, 0.2) is 0 Å². The molecule has 0 fully saturated rings. The van der Waals surface area contributed by atoms with E-state index >= 15 is 0 Å². The van der Waals surface area contributed by atoms with Crippen LogP contribution in [0.1, 0.15) is 21.5 Å². The molecule has 0 atom stereocenters. The quantitative estimate of drug-likeness (QED) is 0.457. The van der Waals surface area contributed by atoms with Crippen molar-refractivity contribution in [3.05, 3.63) is 88.8 Å². The molecule has 4 nitrogen and oxygen atoms in total. The zero-order valence-electron chi connectivity index (χ0n) is 15.6. The first-order valence-electron chi connectivity index (χ1n) is 8.96. The van der Waals surface area contributed by atoms with Crippen LogP contribution in [0.15, 0.2) is 72.1 Å². The number of carboxylic acids is 1. The second-order valence-electron chi connectivity index (χ2n) is 6.61. The maximum atomic E-state index is 11.9. The van der Waals surface area contributed by atoms with E-state index in [0.717, 1.165) is 33.0 Å². The summed E-state index contributed by atoms with van der Waals surface area (Å²) in [6, 6.07) is 22.5. The van der Waals surface area contributed by atoms with Gasteiger partial charge in [0.25, 0.3) is 0 Å². The van der Waals surface area contributed by atoms with Gasteiger partial charge < -0.3 is 5.11 Å². The van der Waals surface area contributed by atoms with Crippen LogP contribution in [0.3, 0.4) is 0 Å². The summed E-state index contributed by atoms with van der Waals surface area (Å²) in [6.07, 6.45) is 0. The van der Waals surface area contributed by atoms with Gasteiger partial charge in [0.1, 0.15) is 5.01 Å². The molecule has 1 heterocycles. The van der Waals surface area contributed by atoms with E-state index in [-0.39, 0.29) is 5.56 Å². The Kier molecular flexibility index (Phi) is 4.94. The van der Waals surface area contributed by atoms with Crippen LogP contribution in [0.25, 0.3) is 33.0 Å². The molecule has 0 bridgehead atoms. The fraction of sp³-hybridized carbons (Fsp3) is 0.0417. The number of nitriles is 1. The van der Waals surface area contributed by atoms with Gasteiger partial charge in [-0.3, -0.25) is 0 Å². The third-order valence-electron chi connectivity index (χ3n) is 4.75. The summed E-state index contributed by atoms with van der Waals surface area (Å²) in [5.74, 6) is -0.964. The van der Waals surface area contributed by atoms with Crippen molar-refractivity contribution in [2.24, 2.45) is 0 Å². The minimum absolute atomic E-state index is 0.256. The molecule has 4 aromatic rings. The van der Waals surface area contributed by atoms with E-state index in [4.69, 9.17) is 5.26 Å². The average molecular weight is 396 g/mol. The second-order valence-corrected chi connectivity index (χ2v) is 7.47. The molecule has 5 heteroatoms. The molecule has 140 valence electrons. The Balaban J connectivity index is 1.74. The summed E-state index contributed by atoms with van der Waals surface area (Å²) in [7, 11) is 0. The Bertz CT molecular complexity index is 1250. The van der Waals surface area contributed by atoms with Crippen LogP contribution in [-0.4, -0.2) is 16.1 Å². The zero-order valence-corrected chi connectivity index (χ0v) is 16.4. The van der Waals surface area contributed by atoms with Gasteiger partial charge in [-0.25, -0.2) is 9.78 Å². The van der Waals surface area contributed by atoms with Crippen molar-refractivity contribution in [3.8, 4) is 39.0 Å². The summed E-state index contributed by atoms with van der Waals surface area (Å²) >= 11 is 1.46. The van der Waals surface area contributed by atoms with E-state index in [1.165, 1.54) is 11.3 Å². The van der Waals surface area contributed by atoms with Crippen LogP contribution in [0.5, 0.6) is 0 Å². The molecule has 4 rings (SSSR count). The first kappa shape index (κ1) is 18.6. The van der Waals surface area contributed by atoms with Crippen molar-refractivity contribution < 1.29 is 9.90 Å². The summed E-state index contributed by atoms with van der Waals surface area (Å²) in [5, 5.41) is 21.4. The van der Waals surface area contributed by atoms with E-state index in [9.17, 15) is 9.90 Å². The van der Waals surface area contributed by atoms with Gasteiger partial charge >= 0.3 is 5.97 Å². The third-order valence-corrected chi connectivity index (χ3v) is 5.64. The molecule has 0 spiro atoms. The monoisotopic (exact) mass is 396 g/mol. The highest BCUT2D eigenvalue weighted by Crippen LogP contribution is 2.33. The van der Waals surface area contributed by atoms with Crippen molar-refractivity contribution in [1.82, 2.24) is 4.98 Å². The molecule has 29 heavy (non-hydrogen) atoms. The Labute approximate surface area is 172 Å². The number of carboxylic acid groups (broad SMARTS) is 1. The lowest BCUT2D eigenvalue weighted by Gasteiger charge is -2.10. The number of aromatic nitrogens is 1. The molecule has 1 aromatic heterocycles. The number of hydrogen-bond acceptors (Lipinski definition) is 4. The van der Waals surface area contributed by atoms with Crippen LogP contribution in [0, 0.1) is 18.3 Å². The zero-order chi connectivity index (χ0) is 20.4. The summed E-state index contributed by atoms with van der Waals surface area (Å²) in [6.45, 7) is 1.97. The normalized spacial score (nSPS) is 10.5. The lowest BCUT2D eigenvalue weighted by molar-refractivity contribution is 0.0698. The number of nitrogens with zero attached hydrogens (tertiary/aromatic N) is 2. The van der Waals surface area contributed by atoms with Gasteiger partial charge in [-0.2, -0.15) is 5.26 Å². The number of aromatic carboxylic acids is 1. The van der Waals surface area contributed by atoms with E-state index in [0.29, 0.717) is 11.1 Å². The van der Waals surface area contributed by atoms with E-state index in [2.05, 4.69) is 11.1 Å². The van der Waals surface area contributed by atoms with Crippen molar-refractivity contribution in [2.45, 2.75) is 6.92 Å². The topological polar surface area (TPSA) is 74.0 Å². The molecule has 0 saturated heterocycles. The van der Waals surface area contributed by atoms with Gasteiger partial charge in [0.05, 0.1) is 22.9 Å². The van der Waals surface area contributed by atoms with E-state index in [1.54, 1.807) is 18.2 Å². The van der Waals surface area contributed by atoms with Crippen LogP contribution >= 0.6 is 11.3 Å². The lowest BCUT2D eigenvalue weighted by atomic mass is 9.94. The fourth-order valence-corrected chi connectivity index (χ4v) is 4.04. The Morgan fingerprint density at radius 2 is 1.72 bits per heavy atom. The SMILES string of the molecule is Cc1ccccc1-c1ccc(-c2nc(-c3ccc(C#N)cc3)cs2)cc1C(=O)O. The summed E-state index contributed by atoms with van der Waals surface area (Å²) in [5.41, 5.74) is 5.98. The van der Waals surface area contributed by atoms with Crippen LogP contribution in [0.4, 0.5) is 0 Å². The number of rotatable bonds is 4. The largest absolute Gasteiger partial charge is 0.478 e. The standard InChI is InChI=1S/C24H16N2O2S/c1-15-4-2-3-5-19(15)20-11-10-18(12-21(20)24(27)28)23-26-22(14-29-23)17-8-6-16(13-25)7-9-17/h2-12,14H,1H3,(H,27,28). The van der Waals surface area contributed by atoms with Crippen LogP contribution in [0.2, 0.25) is 0 Å². The van der Waals surface area contributed by atoms with Gasteiger partial charge in [0.2, 0.25) is 0 Å². The predicted octanol–water partition coefficient (Wildman–Crippen LogP) is 6.02. The van der Waals surface area contributed by atoms with Crippen molar-refractivity contribution >= 4 is 17.3 Å². The van der Waals surface area contributed by atoms with Crippen molar-refractivity contribution in [3.63, 3.8) is 0 Å². The van der Waals surface area contributed by atoms with Crippen molar-refractivity contribution in [1.29, 1.82) is 5.26 Å². The third kappa shape index (κ3) is 3.66. The van der Waals surface area contributed by atoms with Gasteiger partial charge in [-0.1, -0.05) is 48.5 Å². The summed E-state index contributed by atoms with van der Waals surface area (Å²) in [4.78, 5) is 16.6. The molecular weight excluding hydrogens is 380 g/mol. The first-order valence-corrected chi connectivity index (χ1v) is 9.84. The Morgan fingerprint density at radius 1 is 1.00 bits per heavy atom. The lowest BCUT2D eigenvalue weighted by Crippen LogP contribution is -2.01. The Hall–Kier alpha value is -3.75. The molecule has 1 N–H and O–H groups in total. The molecule has 0 aliphatic rings. The summed E-state index contributed by atoms with van der Waals surface area (Å²) < 4.78 is 0. The maximum absolute atomic E-state index is 11.9. The van der Waals surface area contributed by atoms with Gasteiger partial charge in [0, 0.05) is 16.5 Å². The minimum atomic E-state index is -0.964. The van der Waals surface area contributed by atoms with Crippen LogP contribution in [-0.2, 0) is 0 Å². The Morgan fingerprint density at radius 3 is 2.41 bits per heavy atom. The number of hydrogen-bond donors (Lipinski definition) is 1. The molecule has 0 aliphatic carbocycles.